The minimum atomic E-state index is 0.350. The van der Waals surface area contributed by atoms with Gasteiger partial charge in [-0.2, -0.15) is 0 Å². The van der Waals surface area contributed by atoms with E-state index >= 15 is 0 Å². The van der Waals surface area contributed by atoms with Crippen LogP contribution in [-0.2, 0) is 0 Å². The number of carbonyl (C=O) groups excluding carboxylic acids is 1. The fraction of sp³-hybridized carbons (Fsp3) is 0.318. The maximum atomic E-state index is 10.9. The van der Waals surface area contributed by atoms with E-state index in [4.69, 9.17) is 9.47 Å². The first-order chi connectivity index (χ1) is 13.9. The number of thiazole rings is 1. The fourth-order valence-electron chi connectivity index (χ4n) is 2.29. The highest BCUT2D eigenvalue weighted by atomic mass is 32.1. The predicted molar refractivity (Wildman–Crippen MR) is 120 cm³/mol. The van der Waals surface area contributed by atoms with Gasteiger partial charge in [0.05, 0.1) is 23.4 Å². The number of aldehydes is 1. The van der Waals surface area contributed by atoms with Crippen LogP contribution >= 0.6 is 11.3 Å². The molecule has 0 saturated heterocycles. The molecule has 29 heavy (non-hydrogen) atoms. The van der Waals surface area contributed by atoms with Crippen LogP contribution in [-0.4, -0.2) is 30.7 Å². The number of allylic oxidation sites excluding steroid dienone is 1. The molecule has 1 aromatic heterocycles. The van der Waals surface area contributed by atoms with Gasteiger partial charge in [-0.05, 0) is 31.9 Å². The minimum absolute atomic E-state index is 0.350. The van der Waals surface area contributed by atoms with Crippen molar-refractivity contribution in [2.45, 2.75) is 27.7 Å². The molecule has 0 saturated carbocycles. The quantitative estimate of drug-likeness (QED) is 0.392. The Kier molecular flexibility index (Phi) is 8.61. The summed E-state index contributed by atoms with van der Waals surface area (Å²) in [5.74, 6) is 1.75. The lowest BCUT2D eigenvalue weighted by atomic mass is 10.1. The Balaban J connectivity index is 2.22. The largest absolute Gasteiger partial charge is 0.493 e. The van der Waals surface area contributed by atoms with Gasteiger partial charge < -0.3 is 14.8 Å². The van der Waals surface area contributed by atoms with Crippen molar-refractivity contribution >= 4 is 34.7 Å². The molecule has 1 aromatic carbocycles. The highest BCUT2D eigenvalue weighted by Crippen LogP contribution is 2.29. The second kappa shape index (κ2) is 11.2. The molecule has 2 rings (SSSR count). The Bertz CT molecular complexity index is 900. The first kappa shape index (κ1) is 22.4. The molecule has 0 unspecified atom stereocenters. The van der Waals surface area contributed by atoms with Crippen LogP contribution in [0.25, 0.3) is 5.70 Å². The minimum Gasteiger partial charge on any atom is -0.493 e. The van der Waals surface area contributed by atoms with E-state index in [2.05, 4.69) is 35.7 Å². The highest BCUT2D eigenvalue weighted by Gasteiger charge is 2.10. The van der Waals surface area contributed by atoms with Crippen LogP contribution in [0.15, 0.2) is 47.7 Å². The number of carbonyl (C=O) groups is 1. The van der Waals surface area contributed by atoms with Gasteiger partial charge in [0.25, 0.3) is 0 Å². The molecule has 0 radical (unpaired) electrons. The molecule has 1 heterocycles. The number of nitrogens with one attached hydrogen (secondary N) is 1. The van der Waals surface area contributed by atoms with Gasteiger partial charge in [-0.25, -0.2) is 4.98 Å². The van der Waals surface area contributed by atoms with Crippen LogP contribution < -0.4 is 14.8 Å². The van der Waals surface area contributed by atoms with E-state index in [9.17, 15) is 4.79 Å². The van der Waals surface area contributed by atoms with Crippen molar-refractivity contribution in [3.8, 4) is 11.5 Å². The molecule has 0 aliphatic heterocycles. The van der Waals surface area contributed by atoms with Crippen molar-refractivity contribution in [2.24, 2.45) is 10.9 Å². The highest BCUT2D eigenvalue weighted by molar-refractivity contribution is 7.17. The molecule has 0 spiro atoms. The molecule has 0 atom stereocenters. The first-order valence-corrected chi connectivity index (χ1v) is 10.2. The number of aliphatic imine (C=N–C) groups is 1. The molecule has 6 nitrogen and oxygen atoms in total. The lowest BCUT2D eigenvalue weighted by molar-refractivity contribution is 0.112. The summed E-state index contributed by atoms with van der Waals surface area (Å²) in [4.78, 5) is 19.9. The zero-order chi connectivity index (χ0) is 21.2. The van der Waals surface area contributed by atoms with E-state index < -0.39 is 0 Å². The number of hydrogen-bond acceptors (Lipinski definition) is 7. The average Bonchev–Trinajstić information content (AvgIpc) is 3.17. The summed E-state index contributed by atoms with van der Waals surface area (Å²) in [5.41, 5.74) is 2.28. The van der Waals surface area contributed by atoms with Crippen LogP contribution in [0.1, 0.15) is 42.9 Å². The van der Waals surface area contributed by atoms with Crippen LogP contribution in [0.4, 0.5) is 5.13 Å². The molecule has 1 N–H and O–H groups in total. The molecule has 0 amide bonds. The van der Waals surface area contributed by atoms with Crippen molar-refractivity contribution in [3.05, 3.63) is 53.2 Å². The number of ether oxygens (including phenoxy) is 2. The summed E-state index contributed by atoms with van der Waals surface area (Å²) >= 11 is 1.26. The molecule has 7 heteroatoms. The number of hydrogen-bond donors (Lipinski definition) is 1. The number of anilines is 1. The molecule has 2 aromatic rings. The number of nitrogens with zero attached hydrogens (tertiary/aromatic N) is 2. The monoisotopic (exact) mass is 413 g/mol. The van der Waals surface area contributed by atoms with Crippen molar-refractivity contribution in [1.82, 2.24) is 4.98 Å². The third-order valence-corrected chi connectivity index (χ3v) is 4.56. The Morgan fingerprint density at radius 3 is 2.59 bits per heavy atom. The molecule has 0 aliphatic carbocycles. The van der Waals surface area contributed by atoms with E-state index in [-0.39, 0.29) is 0 Å². The third-order valence-electron chi connectivity index (χ3n) is 3.72. The Morgan fingerprint density at radius 2 is 2.00 bits per heavy atom. The molecule has 0 bridgehead atoms. The standard InChI is InChI=1S/C22H27N3O3S/c1-6-18(23-7-2)14-28-20-9-17(8-19(10-20)27-13-15(3)4)16(5)25-22-24-11-21(12-26)29-22/h6-12,15H,5,13-14H2,1-4H3,(H,24,25)/b18-6-,23-7?. The van der Waals surface area contributed by atoms with E-state index in [1.54, 1.807) is 6.21 Å². The lowest BCUT2D eigenvalue weighted by Gasteiger charge is -2.15. The van der Waals surface area contributed by atoms with Gasteiger partial charge in [-0.3, -0.25) is 9.79 Å². The Hall–Kier alpha value is -2.93. The second-order valence-corrected chi connectivity index (χ2v) is 7.71. The Labute approximate surface area is 176 Å². The van der Waals surface area contributed by atoms with E-state index in [1.165, 1.54) is 17.5 Å². The van der Waals surface area contributed by atoms with Gasteiger partial charge in [0, 0.05) is 23.5 Å². The summed E-state index contributed by atoms with van der Waals surface area (Å²) in [5, 5.41) is 3.74. The summed E-state index contributed by atoms with van der Waals surface area (Å²) in [6, 6.07) is 5.64. The number of benzene rings is 1. The van der Waals surface area contributed by atoms with Crippen LogP contribution in [0.3, 0.4) is 0 Å². The van der Waals surface area contributed by atoms with Crippen molar-refractivity contribution < 1.29 is 14.3 Å². The van der Waals surface area contributed by atoms with E-state index in [0.29, 0.717) is 46.3 Å². The first-order valence-electron chi connectivity index (χ1n) is 9.37. The normalized spacial score (nSPS) is 11.7. The van der Waals surface area contributed by atoms with Crippen molar-refractivity contribution in [3.63, 3.8) is 0 Å². The molecule has 154 valence electrons. The van der Waals surface area contributed by atoms with Gasteiger partial charge >= 0.3 is 0 Å². The predicted octanol–water partition coefficient (Wildman–Crippen LogP) is 5.45. The molecule has 0 fully saturated rings. The van der Waals surface area contributed by atoms with Gasteiger partial charge in [0.15, 0.2) is 11.4 Å². The van der Waals surface area contributed by atoms with E-state index in [1.807, 2.05) is 38.1 Å². The molecule has 0 aliphatic rings. The van der Waals surface area contributed by atoms with Crippen molar-refractivity contribution in [2.75, 3.05) is 18.5 Å². The van der Waals surface area contributed by atoms with Gasteiger partial charge in [-0.15, -0.1) is 0 Å². The topological polar surface area (TPSA) is 72.8 Å². The Morgan fingerprint density at radius 1 is 1.28 bits per heavy atom. The number of aromatic nitrogens is 1. The van der Waals surface area contributed by atoms with Crippen LogP contribution in [0.5, 0.6) is 11.5 Å². The maximum Gasteiger partial charge on any atom is 0.187 e. The zero-order valence-corrected chi connectivity index (χ0v) is 18.1. The second-order valence-electron chi connectivity index (χ2n) is 6.64. The maximum absolute atomic E-state index is 10.9. The zero-order valence-electron chi connectivity index (χ0n) is 17.3. The smallest absolute Gasteiger partial charge is 0.187 e. The third kappa shape index (κ3) is 7.19. The fourth-order valence-corrected chi connectivity index (χ4v) is 2.95. The summed E-state index contributed by atoms with van der Waals surface area (Å²) < 4.78 is 11.8. The van der Waals surface area contributed by atoms with Crippen LogP contribution in [0, 0.1) is 5.92 Å². The number of rotatable bonds is 11. The summed E-state index contributed by atoms with van der Waals surface area (Å²) in [6.45, 7) is 13.0. The summed E-state index contributed by atoms with van der Waals surface area (Å²) in [6.07, 6.45) is 5.94. The van der Waals surface area contributed by atoms with Gasteiger partial charge in [-0.1, -0.05) is 37.8 Å². The molecular formula is C22H27N3O3S. The molecular weight excluding hydrogens is 386 g/mol. The summed E-state index contributed by atoms with van der Waals surface area (Å²) in [7, 11) is 0. The van der Waals surface area contributed by atoms with Gasteiger partial charge in [0.2, 0.25) is 0 Å². The lowest BCUT2D eigenvalue weighted by Crippen LogP contribution is -2.06. The van der Waals surface area contributed by atoms with E-state index in [0.717, 1.165) is 17.5 Å². The van der Waals surface area contributed by atoms with Crippen LogP contribution in [0.2, 0.25) is 0 Å². The SMILES string of the molecule is C=C(Nc1ncc(C=O)s1)c1cc(OC/C(=C/C)N=CC)cc(OCC(C)C)c1. The van der Waals surface area contributed by atoms with Crippen molar-refractivity contribution in [1.29, 1.82) is 0 Å². The van der Waals surface area contributed by atoms with Gasteiger partial charge in [0.1, 0.15) is 18.1 Å². The average molecular weight is 414 g/mol.